The van der Waals surface area contributed by atoms with Crippen LogP contribution in [0, 0.1) is 0 Å². The second-order valence-electron chi connectivity index (χ2n) is 3.71. The Morgan fingerprint density at radius 3 is 2.71 bits per heavy atom. The number of hydrogen-bond donors (Lipinski definition) is 1. The fourth-order valence-electron chi connectivity index (χ4n) is 1.81. The molecule has 2 aromatic rings. The van der Waals surface area contributed by atoms with Crippen molar-refractivity contribution >= 4 is 27.7 Å². The molecule has 0 fully saturated rings. The van der Waals surface area contributed by atoms with Crippen molar-refractivity contribution in [3.8, 4) is 0 Å². The topological polar surface area (TPSA) is 24.4 Å². The summed E-state index contributed by atoms with van der Waals surface area (Å²) in [7, 11) is 3.71. The van der Waals surface area contributed by atoms with Gasteiger partial charge in [-0.05, 0) is 16.3 Å². The van der Waals surface area contributed by atoms with Gasteiger partial charge in [0, 0.05) is 19.8 Å². The average molecular weight is 244 g/mol. The quantitative estimate of drug-likeness (QED) is 0.647. The molecule has 2 rings (SSSR count). The summed E-state index contributed by atoms with van der Waals surface area (Å²) in [6.07, 6.45) is 0. The van der Waals surface area contributed by atoms with Crippen LogP contribution >= 0.6 is 11.8 Å². The van der Waals surface area contributed by atoms with Crippen LogP contribution in [0.15, 0.2) is 47.5 Å². The average Bonchev–Trinajstić information content (AvgIpc) is 2.40. The molecule has 3 heteroatoms. The minimum absolute atomic E-state index is 0.939. The van der Waals surface area contributed by atoms with Crippen molar-refractivity contribution in [3.63, 3.8) is 0 Å². The Labute approximate surface area is 106 Å². The van der Waals surface area contributed by atoms with E-state index >= 15 is 0 Å². The molecule has 0 saturated heterocycles. The van der Waals surface area contributed by atoms with Gasteiger partial charge in [-0.25, -0.2) is 0 Å². The lowest BCUT2D eigenvalue weighted by Gasteiger charge is -2.07. The van der Waals surface area contributed by atoms with E-state index in [2.05, 4.69) is 52.8 Å². The van der Waals surface area contributed by atoms with Crippen LogP contribution in [0.5, 0.6) is 0 Å². The molecule has 0 heterocycles. The van der Waals surface area contributed by atoms with Gasteiger partial charge < -0.3 is 5.32 Å². The van der Waals surface area contributed by atoms with Crippen molar-refractivity contribution in [1.29, 1.82) is 0 Å². The maximum Gasteiger partial charge on any atom is 0.156 e. The van der Waals surface area contributed by atoms with E-state index < -0.39 is 0 Å². The molecule has 2 nitrogen and oxygen atoms in total. The van der Waals surface area contributed by atoms with Crippen molar-refractivity contribution in [2.45, 2.75) is 5.75 Å². The maximum absolute atomic E-state index is 4.17. The zero-order valence-corrected chi connectivity index (χ0v) is 10.9. The van der Waals surface area contributed by atoms with Crippen molar-refractivity contribution in [1.82, 2.24) is 5.32 Å². The molecule has 1 N–H and O–H groups in total. The predicted octanol–water partition coefficient (Wildman–Crippen LogP) is 3.28. The van der Waals surface area contributed by atoms with Gasteiger partial charge in [0.25, 0.3) is 0 Å². The lowest BCUT2D eigenvalue weighted by Crippen LogP contribution is -2.14. The third-order valence-electron chi connectivity index (χ3n) is 2.66. The van der Waals surface area contributed by atoms with Crippen LogP contribution < -0.4 is 5.32 Å². The molecule has 0 amide bonds. The van der Waals surface area contributed by atoms with Gasteiger partial charge in [-0.15, -0.1) is 0 Å². The second kappa shape index (κ2) is 5.73. The number of amidine groups is 1. The van der Waals surface area contributed by atoms with E-state index in [1.807, 2.05) is 14.1 Å². The van der Waals surface area contributed by atoms with Crippen LogP contribution in [0.3, 0.4) is 0 Å². The van der Waals surface area contributed by atoms with Crippen molar-refractivity contribution in [2.24, 2.45) is 4.99 Å². The largest absolute Gasteiger partial charge is 0.368 e. The SMILES string of the molecule is CN=C(NC)SCc1cccc2ccccc12. The lowest BCUT2D eigenvalue weighted by molar-refractivity contribution is 1.18. The zero-order valence-electron chi connectivity index (χ0n) is 10.1. The van der Waals surface area contributed by atoms with Crippen LogP contribution in [0.25, 0.3) is 10.8 Å². The van der Waals surface area contributed by atoms with Gasteiger partial charge >= 0.3 is 0 Å². The Hall–Kier alpha value is -1.48. The van der Waals surface area contributed by atoms with Crippen molar-refractivity contribution in [2.75, 3.05) is 14.1 Å². The Bertz CT molecular complexity index is 529. The minimum atomic E-state index is 0.939. The molecule has 0 saturated carbocycles. The highest BCUT2D eigenvalue weighted by atomic mass is 32.2. The molecular weight excluding hydrogens is 228 g/mol. The number of fused-ring (bicyclic) bond motifs is 1. The number of benzene rings is 2. The number of thioether (sulfide) groups is 1. The summed E-state index contributed by atoms with van der Waals surface area (Å²) in [6, 6.07) is 14.9. The molecule has 2 aromatic carbocycles. The second-order valence-corrected chi connectivity index (χ2v) is 4.67. The van der Waals surface area contributed by atoms with E-state index in [0.29, 0.717) is 0 Å². The highest BCUT2D eigenvalue weighted by Crippen LogP contribution is 2.22. The van der Waals surface area contributed by atoms with Gasteiger partial charge in [-0.1, -0.05) is 54.2 Å². The van der Waals surface area contributed by atoms with Crippen molar-refractivity contribution in [3.05, 3.63) is 48.0 Å². The molecule has 0 aliphatic heterocycles. The molecule has 0 aromatic heterocycles. The molecule has 88 valence electrons. The summed E-state index contributed by atoms with van der Waals surface area (Å²) in [6.45, 7) is 0. The first-order valence-corrected chi connectivity index (χ1v) is 6.57. The number of nitrogens with one attached hydrogen (secondary N) is 1. The summed E-state index contributed by atoms with van der Waals surface area (Å²) < 4.78 is 0. The molecule has 0 radical (unpaired) electrons. The van der Waals surface area contributed by atoms with Gasteiger partial charge in [0.1, 0.15) is 0 Å². The Balaban J connectivity index is 2.24. The van der Waals surface area contributed by atoms with E-state index in [4.69, 9.17) is 0 Å². The van der Waals surface area contributed by atoms with Gasteiger partial charge in [0.05, 0.1) is 0 Å². The fourth-order valence-corrected chi connectivity index (χ4v) is 2.63. The molecule has 0 aliphatic rings. The monoisotopic (exact) mass is 244 g/mol. The summed E-state index contributed by atoms with van der Waals surface area (Å²) >= 11 is 1.73. The standard InChI is InChI=1S/C14H16N2S/c1-15-14(16-2)17-10-12-8-5-7-11-6-3-4-9-13(11)12/h3-9H,10H2,1-2H3,(H,15,16). The third-order valence-corrected chi connectivity index (χ3v) is 3.78. The Kier molecular flexibility index (Phi) is 4.04. The van der Waals surface area contributed by atoms with Crippen LogP contribution in [0.4, 0.5) is 0 Å². The summed E-state index contributed by atoms with van der Waals surface area (Å²) in [5, 5.41) is 6.68. The molecule has 17 heavy (non-hydrogen) atoms. The highest BCUT2D eigenvalue weighted by molar-refractivity contribution is 8.13. The number of rotatable bonds is 2. The molecule has 0 aliphatic carbocycles. The molecular formula is C14H16N2S. The smallest absolute Gasteiger partial charge is 0.156 e. The molecule has 0 atom stereocenters. The Morgan fingerprint density at radius 2 is 1.94 bits per heavy atom. The minimum Gasteiger partial charge on any atom is -0.368 e. The fraction of sp³-hybridized carbons (Fsp3) is 0.214. The van der Waals surface area contributed by atoms with Gasteiger partial charge in [-0.3, -0.25) is 4.99 Å². The zero-order chi connectivity index (χ0) is 12.1. The van der Waals surface area contributed by atoms with Crippen molar-refractivity contribution < 1.29 is 0 Å². The first-order chi connectivity index (χ1) is 8.35. The first kappa shape index (κ1) is 12.0. The number of aliphatic imine (C=N–C) groups is 1. The highest BCUT2D eigenvalue weighted by Gasteiger charge is 2.02. The molecule has 0 unspecified atom stereocenters. The van der Waals surface area contributed by atoms with E-state index in [1.165, 1.54) is 16.3 Å². The van der Waals surface area contributed by atoms with Crippen LogP contribution in [-0.4, -0.2) is 19.3 Å². The summed E-state index contributed by atoms with van der Waals surface area (Å²) in [4.78, 5) is 4.17. The van der Waals surface area contributed by atoms with Gasteiger partial charge in [0.2, 0.25) is 0 Å². The Morgan fingerprint density at radius 1 is 1.18 bits per heavy atom. The normalized spacial score (nSPS) is 11.8. The number of nitrogens with zero attached hydrogens (tertiary/aromatic N) is 1. The van der Waals surface area contributed by atoms with Crippen LogP contribution in [0.2, 0.25) is 0 Å². The van der Waals surface area contributed by atoms with E-state index in [-0.39, 0.29) is 0 Å². The molecule has 0 bridgehead atoms. The first-order valence-electron chi connectivity index (χ1n) is 5.59. The van der Waals surface area contributed by atoms with E-state index in [0.717, 1.165) is 10.9 Å². The van der Waals surface area contributed by atoms with Gasteiger partial charge in [0.15, 0.2) is 5.17 Å². The lowest BCUT2D eigenvalue weighted by atomic mass is 10.1. The molecule has 0 spiro atoms. The van der Waals surface area contributed by atoms with E-state index in [9.17, 15) is 0 Å². The van der Waals surface area contributed by atoms with Crippen LogP contribution in [-0.2, 0) is 5.75 Å². The van der Waals surface area contributed by atoms with E-state index in [1.54, 1.807) is 11.8 Å². The summed E-state index contributed by atoms with van der Waals surface area (Å²) in [5.74, 6) is 0.939. The number of hydrogen-bond acceptors (Lipinski definition) is 2. The predicted molar refractivity (Wildman–Crippen MR) is 77.7 cm³/mol. The van der Waals surface area contributed by atoms with Gasteiger partial charge in [-0.2, -0.15) is 0 Å². The summed E-state index contributed by atoms with van der Waals surface area (Å²) in [5.41, 5.74) is 1.35. The maximum atomic E-state index is 4.17. The van der Waals surface area contributed by atoms with Crippen LogP contribution in [0.1, 0.15) is 5.56 Å². The third kappa shape index (κ3) is 2.80.